The third-order valence-corrected chi connectivity index (χ3v) is 6.59. The van der Waals surface area contributed by atoms with E-state index in [4.69, 9.17) is 25.8 Å². The van der Waals surface area contributed by atoms with Crippen LogP contribution in [0.25, 0.3) is 0 Å². The van der Waals surface area contributed by atoms with Crippen LogP contribution in [0.15, 0.2) is 36.4 Å². The molecule has 31 heavy (non-hydrogen) atoms. The Morgan fingerprint density at radius 1 is 1.10 bits per heavy atom. The zero-order valence-electron chi connectivity index (χ0n) is 18.8. The number of esters is 1. The number of carbonyl (C=O) groups is 2. The van der Waals surface area contributed by atoms with E-state index < -0.39 is 16.6 Å². The van der Waals surface area contributed by atoms with Crippen molar-refractivity contribution in [3.63, 3.8) is 0 Å². The number of hydrogen-bond acceptors (Lipinski definition) is 6. The molecule has 7 heteroatoms. The van der Waals surface area contributed by atoms with Crippen molar-refractivity contribution >= 4 is 35.1 Å². The molecule has 0 fully saturated rings. The number of hydrogen-bond donors (Lipinski definition) is 0. The predicted octanol–water partition coefficient (Wildman–Crippen LogP) is 5.59. The largest absolute Gasteiger partial charge is 0.497 e. The summed E-state index contributed by atoms with van der Waals surface area (Å²) >= 11 is 7.94. The van der Waals surface area contributed by atoms with Gasteiger partial charge in [0.15, 0.2) is 5.78 Å². The lowest BCUT2D eigenvalue weighted by Gasteiger charge is -2.28. The van der Waals surface area contributed by atoms with E-state index >= 15 is 0 Å². The van der Waals surface area contributed by atoms with Crippen molar-refractivity contribution < 1.29 is 23.8 Å². The Morgan fingerprint density at radius 2 is 1.74 bits per heavy atom. The molecule has 0 N–H and O–H groups in total. The fraction of sp³-hybridized carbons (Fsp3) is 0.417. The summed E-state index contributed by atoms with van der Waals surface area (Å²) in [7, 11) is 3.11. The van der Waals surface area contributed by atoms with Crippen LogP contribution in [0.2, 0.25) is 5.02 Å². The maximum absolute atomic E-state index is 13.7. The van der Waals surface area contributed by atoms with E-state index in [1.165, 1.54) is 18.9 Å². The van der Waals surface area contributed by atoms with Gasteiger partial charge in [-0.3, -0.25) is 9.59 Å². The molecule has 0 heterocycles. The van der Waals surface area contributed by atoms with Crippen LogP contribution in [0.5, 0.6) is 11.5 Å². The van der Waals surface area contributed by atoms with Crippen LogP contribution in [0, 0.1) is 6.92 Å². The standard InChI is InChI=1S/C24H29ClO5S/c1-7-30-23(27)21(20-18(25)12-15(2)13-19(20)29-6)22(26)24(3,4)31-14-16-8-10-17(28-5)11-9-16/h8-13,21H,7,14H2,1-6H3. The lowest BCUT2D eigenvalue weighted by molar-refractivity contribution is -0.148. The minimum atomic E-state index is -1.18. The van der Waals surface area contributed by atoms with Gasteiger partial charge in [-0.05, 0) is 63.1 Å². The number of aryl methyl sites for hydroxylation is 1. The zero-order valence-corrected chi connectivity index (χ0v) is 20.4. The SMILES string of the molecule is CCOC(=O)C(C(=O)C(C)(C)SCc1ccc(OC)cc1)c1c(Cl)cc(C)cc1OC. The lowest BCUT2D eigenvalue weighted by atomic mass is 9.87. The van der Waals surface area contributed by atoms with Crippen molar-refractivity contribution in [1.29, 1.82) is 0 Å². The number of rotatable bonds is 10. The summed E-state index contributed by atoms with van der Waals surface area (Å²) < 4.78 is 15.0. The topological polar surface area (TPSA) is 61.8 Å². The van der Waals surface area contributed by atoms with Crippen molar-refractivity contribution in [2.24, 2.45) is 0 Å². The molecule has 0 radical (unpaired) electrons. The van der Waals surface area contributed by atoms with E-state index in [0.717, 1.165) is 16.9 Å². The quantitative estimate of drug-likeness (QED) is 0.337. The highest BCUT2D eigenvalue weighted by Crippen LogP contribution is 2.41. The van der Waals surface area contributed by atoms with Crippen LogP contribution >= 0.6 is 23.4 Å². The van der Waals surface area contributed by atoms with Crippen LogP contribution in [0.1, 0.15) is 43.4 Å². The van der Waals surface area contributed by atoms with Gasteiger partial charge in [-0.25, -0.2) is 0 Å². The fourth-order valence-corrected chi connectivity index (χ4v) is 4.51. The average molecular weight is 465 g/mol. The summed E-state index contributed by atoms with van der Waals surface area (Å²) in [6, 6.07) is 11.1. The van der Waals surface area contributed by atoms with E-state index in [2.05, 4.69) is 0 Å². The molecule has 0 aliphatic carbocycles. The van der Waals surface area contributed by atoms with Gasteiger partial charge in [-0.1, -0.05) is 23.7 Å². The van der Waals surface area contributed by atoms with Crippen LogP contribution in [0.3, 0.4) is 0 Å². The molecule has 0 aliphatic rings. The Kier molecular flexibility index (Phi) is 8.83. The third-order valence-electron chi connectivity index (χ3n) is 4.88. The van der Waals surface area contributed by atoms with Crippen molar-refractivity contribution in [3.8, 4) is 11.5 Å². The molecule has 2 aromatic rings. The van der Waals surface area contributed by atoms with Crippen LogP contribution in [-0.2, 0) is 20.1 Å². The minimum Gasteiger partial charge on any atom is -0.497 e. The predicted molar refractivity (Wildman–Crippen MR) is 125 cm³/mol. The molecule has 0 aromatic heterocycles. The van der Waals surface area contributed by atoms with Gasteiger partial charge < -0.3 is 14.2 Å². The maximum atomic E-state index is 13.7. The number of ketones is 1. The Bertz CT molecular complexity index is 924. The molecule has 0 saturated carbocycles. The van der Waals surface area contributed by atoms with Gasteiger partial charge in [-0.2, -0.15) is 0 Å². The Morgan fingerprint density at radius 3 is 2.29 bits per heavy atom. The molecular formula is C24H29ClO5S. The molecule has 0 bridgehead atoms. The summed E-state index contributed by atoms with van der Waals surface area (Å²) in [6.07, 6.45) is 0. The van der Waals surface area contributed by atoms with Crippen LogP contribution < -0.4 is 9.47 Å². The van der Waals surface area contributed by atoms with Crippen LogP contribution in [-0.4, -0.2) is 37.3 Å². The zero-order chi connectivity index (χ0) is 23.2. The molecule has 168 valence electrons. The smallest absolute Gasteiger partial charge is 0.321 e. The highest BCUT2D eigenvalue weighted by Gasteiger charge is 2.42. The summed E-state index contributed by atoms with van der Waals surface area (Å²) in [5, 5.41) is 0.305. The fourth-order valence-electron chi connectivity index (χ4n) is 3.16. The Labute approximate surface area is 193 Å². The number of carbonyl (C=O) groups excluding carboxylic acids is 2. The number of ether oxygens (including phenoxy) is 3. The van der Waals surface area contributed by atoms with Gasteiger partial charge in [0, 0.05) is 16.3 Å². The van der Waals surface area contributed by atoms with Crippen molar-refractivity contribution in [3.05, 3.63) is 58.1 Å². The molecule has 1 atom stereocenters. The Balaban J connectivity index is 2.37. The first-order chi connectivity index (χ1) is 14.6. The van der Waals surface area contributed by atoms with Gasteiger partial charge in [0.2, 0.25) is 0 Å². The summed E-state index contributed by atoms with van der Waals surface area (Å²) in [5.74, 6) is -0.332. The van der Waals surface area contributed by atoms with E-state index in [9.17, 15) is 9.59 Å². The number of benzene rings is 2. The molecule has 1 unspecified atom stereocenters. The van der Waals surface area contributed by atoms with Gasteiger partial charge in [0.25, 0.3) is 0 Å². The van der Waals surface area contributed by atoms with Crippen LogP contribution in [0.4, 0.5) is 0 Å². The molecule has 5 nitrogen and oxygen atoms in total. The number of thioether (sulfide) groups is 1. The highest BCUT2D eigenvalue weighted by molar-refractivity contribution is 8.00. The monoisotopic (exact) mass is 464 g/mol. The average Bonchev–Trinajstić information content (AvgIpc) is 2.74. The summed E-state index contributed by atoms with van der Waals surface area (Å²) in [5.41, 5.74) is 2.26. The molecule has 2 aromatic carbocycles. The third kappa shape index (κ3) is 6.17. The van der Waals surface area contributed by atoms with E-state index in [-0.39, 0.29) is 12.4 Å². The molecule has 0 amide bonds. The van der Waals surface area contributed by atoms with Gasteiger partial charge >= 0.3 is 5.97 Å². The highest BCUT2D eigenvalue weighted by atomic mass is 35.5. The minimum absolute atomic E-state index is 0.161. The van der Waals surface area contributed by atoms with E-state index in [0.29, 0.717) is 22.1 Å². The van der Waals surface area contributed by atoms with Gasteiger partial charge in [-0.15, -0.1) is 11.8 Å². The lowest BCUT2D eigenvalue weighted by Crippen LogP contribution is -2.38. The summed E-state index contributed by atoms with van der Waals surface area (Å²) in [4.78, 5) is 26.6. The normalized spacial score (nSPS) is 12.2. The van der Waals surface area contributed by atoms with Gasteiger partial charge in [0.1, 0.15) is 17.4 Å². The second-order valence-electron chi connectivity index (χ2n) is 7.56. The first kappa shape index (κ1) is 25.1. The second kappa shape index (κ2) is 10.9. The van der Waals surface area contributed by atoms with E-state index in [1.54, 1.807) is 26.2 Å². The van der Waals surface area contributed by atoms with Gasteiger partial charge in [0.05, 0.1) is 25.6 Å². The van der Waals surface area contributed by atoms with E-state index in [1.807, 2.05) is 45.0 Å². The summed E-state index contributed by atoms with van der Waals surface area (Å²) in [6.45, 7) is 7.35. The first-order valence-corrected chi connectivity index (χ1v) is 11.3. The van der Waals surface area contributed by atoms with Crippen molar-refractivity contribution in [2.75, 3.05) is 20.8 Å². The molecular weight excluding hydrogens is 436 g/mol. The number of methoxy groups -OCH3 is 2. The number of Topliss-reactive ketones (excluding diaryl/α,β-unsaturated/α-hetero) is 1. The molecule has 0 spiro atoms. The number of halogens is 1. The van der Waals surface area contributed by atoms with Crippen molar-refractivity contribution in [1.82, 2.24) is 0 Å². The molecule has 0 saturated heterocycles. The Hall–Kier alpha value is -2.18. The maximum Gasteiger partial charge on any atom is 0.321 e. The first-order valence-electron chi connectivity index (χ1n) is 9.96. The second-order valence-corrected chi connectivity index (χ2v) is 9.56. The molecule has 0 aliphatic heterocycles. The van der Waals surface area contributed by atoms with Crippen molar-refractivity contribution in [2.45, 2.75) is 44.1 Å². The molecule has 2 rings (SSSR count).